The number of ether oxygens (including phenoxy) is 1. The Morgan fingerprint density at radius 3 is 2.97 bits per heavy atom. The Bertz CT molecular complexity index is 975. The fourth-order valence-corrected chi connectivity index (χ4v) is 3.12. The number of hydrogen-bond acceptors (Lipinski definition) is 7. The van der Waals surface area contributed by atoms with Crippen LogP contribution in [-0.4, -0.2) is 56.3 Å². The molecular weight excluding hydrogens is 372 g/mol. The van der Waals surface area contributed by atoms with Gasteiger partial charge in [0.25, 0.3) is 5.89 Å². The normalized spacial score (nSPS) is 16.2. The average molecular weight is 394 g/mol. The van der Waals surface area contributed by atoms with Crippen molar-refractivity contribution in [2.75, 3.05) is 13.1 Å². The van der Waals surface area contributed by atoms with Crippen LogP contribution in [0, 0.1) is 0 Å². The number of nitrogens with zero attached hydrogens (tertiary/aromatic N) is 5. The van der Waals surface area contributed by atoms with E-state index in [1.165, 1.54) is 0 Å². The molecule has 3 aromatic rings. The summed E-state index contributed by atoms with van der Waals surface area (Å²) in [6, 6.07) is 7.52. The number of carbonyl (C=O) groups is 1. The van der Waals surface area contributed by atoms with E-state index >= 15 is 0 Å². The molecular formula is C20H22N6O3. The van der Waals surface area contributed by atoms with Gasteiger partial charge in [-0.25, -0.2) is 9.78 Å². The number of para-hydroxylation sites is 1. The van der Waals surface area contributed by atoms with Crippen LogP contribution in [0.2, 0.25) is 0 Å². The molecule has 1 fully saturated rings. The maximum Gasteiger partial charge on any atom is 0.317 e. The second-order valence-electron chi connectivity index (χ2n) is 7.09. The first kappa shape index (κ1) is 18.9. The van der Waals surface area contributed by atoms with Crippen LogP contribution in [0.25, 0.3) is 23.0 Å². The van der Waals surface area contributed by atoms with E-state index < -0.39 is 0 Å². The van der Waals surface area contributed by atoms with Crippen molar-refractivity contribution in [3.8, 4) is 28.7 Å². The van der Waals surface area contributed by atoms with E-state index in [0.29, 0.717) is 41.8 Å². The molecule has 9 nitrogen and oxygen atoms in total. The molecule has 1 aliphatic rings. The Balaban J connectivity index is 1.49. The maximum atomic E-state index is 12.2. The van der Waals surface area contributed by atoms with Crippen molar-refractivity contribution >= 4 is 6.03 Å². The van der Waals surface area contributed by atoms with Gasteiger partial charge in [-0.3, -0.25) is 4.98 Å². The first-order chi connectivity index (χ1) is 14.1. The summed E-state index contributed by atoms with van der Waals surface area (Å²) in [5.74, 6) is 1.34. The quantitative estimate of drug-likeness (QED) is 0.709. The predicted molar refractivity (Wildman–Crippen MR) is 105 cm³/mol. The fraction of sp³-hybridized carbons (Fsp3) is 0.350. The molecule has 1 unspecified atom stereocenters. The second kappa shape index (κ2) is 8.26. The van der Waals surface area contributed by atoms with Crippen LogP contribution in [0.3, 0.4) is 0 Å². The van der Waals surface area contributed by atoms with Crippen molar-refractivity contribution in [2.24, 2.45) is 0 Å². The van der Waals surface area contributed by atoms with Gasteiger partial charge in [-0.1, -0.05) is 17.3 Å². The van der Waals surface area contributed by atoms with E-state index in [4.69, 9.17) is 9.26 Å². The molecule has 3 heterocycles. The Hall–Kier alpha value is -3.49. The van der Waals surface area contributed by atoms with Gasteiger partial charge in [0.15, 0.2) is 0 Å². The molecule has 0 bridgehead atoms. The number of rotatable bonds is 5. The Labute approximate surface area is 168 Å². The van der Waals surface area contributed by atoms with Gasteiger partial charge >= 0.3 is 6.03 Å². The standard InChI is InChI=1S/C20H22N6O3/c1-13(2)23-20(27)26-10-7-14(12-26)28-17-6-4-3-5-15(17)19-24-18(25-29-19)16-11-21-8-9-22-16/h3-6,8-9,11,13-14H,7,10,12H2,1-2H3,(H,23,27). The number of hydrogen-bond donors (Lipinski definition) is 1. The van der Waals surface area contributed by atoms with Crippen molar-refractivity contribution in [1.82, 2.24) is 30.3 Å². The molecule has 2 amide bonds. The summed E-state index contributed by atoms with van der Waals surface area (Å²) in [5, 5.41) is 6.91. The van der Waals surface area contributed by atoms with Gasteiger partial charge < -0.3 is 19.5 Å². The van der Waals surface area contributed by atoms with Gasteiger partial charge in [0.1, 0.15) is 17.5 Å². The lowest BCUT2D eigenvalue weighted by atomic mass is 10.2. The number of urea groups is 1. The topological polar surface area (TPSA) is 106 Å². The number of carbonyl (C=O) groups excluding carboxylic acids is 1. The Morgan fingerprint density at radius 2 is 2.17 bits per heavy atom. The van der Waals surface area contributed by atoms with Crippen molar-refractivity contribution in [3.05, 3.63) is 42.9 Å². The minimum Gasteiger partial charge on any atom is -0.488 e. The lowest BCUT2D eigenvalue weighted by molar-refractivity contribution is 0.185. The average Bonchev–Trinajstić information content (AvgIpc) is 3.39. The molecule has 0 spiro atoms. The van der Waals surface area contributed by atoms with Gasteiger partial charge in [-0.15, -0.1) is 0 Å². The summed E-state index contributed by atoms with van der Waals surface area (Å²) in [7, 11) is 0. The third-order valence-electron chi connectivity index (χ3n) is 4.47. The summed E-state index contributed by atoms with van der Waals surface area (Å²) < 4.78 is 11.6. The molecule has 4 rings (SSSR count). The maximum absolute atomic E-state index is 12.2. The molecule has 1 saturated heterocycles. The highest BCUT2D eigenvalue weighted by Gasteiger charge is 2.29. The molecule has 2 aromatic heterocycles. The molecule has 0 saturated carbocycles. The number of amides is 2. The van der Waals surface area contributed by atoms with Crippen molar-refractivity contribution in [3.63, 3.8) is 0 Å². The van der Waals surface area contributed by atoms with Gasteiger partial charge in [-0.2, -0.15) is 4.98 Å². The van der Waals surface area contributed by atoms with Crippen LogP contribution in [0.1, 0.15) is 20.3 Å². The van der Waals surface area contributed by atoms with Crippen LogP contribution in [0.15, 0.2) is 47.4 Å². The molecule has 150 valence electrons. The van der Waals surface area contributed by atoms with Gasteiger partial charge in [-0.05, 0) is 26.0 Å². The molecule has 29 heavy (non-hydrogen) atoms. The first-order valence-electron chi connectivity index (χ1n) is 9.51. The van der Waals surface area contributed by atoms with Crippen LogP contribution >= 0.6 is 0 Å². The lowest BCUT2D eigenvalue weighted by Crippen LogP contribution is -2.42. The van der Waals surface area contributed by atoms with Gasteiger partial charge in [0.05, 0.1) is 18.3 Å². The third-order valence-corrected chi connectivity index (χ3v) is 4.47. The van der Waals surface area contributed by atoms with Gasteiger partial charge in [0, 0.05) is 31.4 Å². The van der Waals surface area contributed by atoms with Crippen LogP contribution in [0.4, 0.5) is 4.79 Å². The second-order valence-corrected chi connectivity index (χ2v) is 7.09. The molecule has 9 heteroatoms. The summed E-state index contributed by atoms with van der Waals surface area (Å²) >= 11 is 0. The molecule has 1 atom stereocenters. The SMILES string of the molecule is CC(C)NC(=O)N1CCC(Oc2ccccc2-c2nc(-c3cnccn3)no2)C1. The lowest BCUT2D eigenvalue weighted by Gasteiger charge is -2.19. The van der Waals surface area contributed by atoms with Crippen molar-refractivity contribution in [2.45, 2.75) is 32.4 Å². The predicted octanol–water partition coefficient (Wildman–Crippen LogP) is 2.76. The highest BCUT2D eigenvalue weighted by atomic mass is 16.5. The Kier molecular flexibility index (Phi) is 5.37. The van der Waals surface area contributed by atoms with Crippen molar-refractivity contribution in [1.29, 1.82) is 0 Å². The molecule has 1 N–H and O–H groups in total. The van der Waals surface area contributed by atoms with E-state index in [9.17, 15) is 4.79 Å². The zero-order valence-electron chi connectivity index (χ0n) is 16.3. The zero-order chi connectivity index (χ0) is 20.2. The number of benzene rings is 1. The molecule has 0 radical (unpaired) electrons. The van der Waals surface area contributed by atoms with E-state index in [2.05, 4.69) is 25.4 Å². The Morgan fingerprint density at radius 1 is 1.31 bits per heavy atom. The third kappa shape index (κ3) is 4.34. The van der Waals surface area contributed by atoms with Crippen molar-refractivity contribution < 1.29 is 14.1 Å². The summed E-state index contributed by atoms with van der Waals surface area (Å²) in [5.41, 5.74) is 1.23. The smallest absolute Gasteiger partial charge is 0.317 e. The van der Waals surface area contributed by atoms with E-state index in [1.54, 1.807) is 23.5 Å². The monoisotopic (exact) mass is 394 g/mol. The van der Waals surface area contributed by atoms with E-state index in [0.717, 1.165) is 6.42 Å². The van der Waals surface area contributed by atoms with E-state index in [1.807, 2.05) is 38.1 Å². The molecule has 1 aromatic carbocycles. The number of nitrogens with one attached hydrogen (secondary N) is 1. The summed E-state index contributed by atoms with van der Waals surface area (Å²) in [6.45, 7) is 5.07. The zero-order valence-corrected chi connectivity index (χ0v) is 16.3. The highest BCUT2D eigenvalue weighted by molar-refractivity contribution is 5.74. The largest absolute Gasteiger partial charge is 0.488 e. The molecule has 0 aliphatic carbocycles. The van der Waals surface area contributed by atoms with Gasteiger partial charge in [0.2, 0.25) is 5.82 Å². The first-order valence-corrected chi connectivity index (χ1v) is 9.51. The van der Waals surface area contributed by atoms with Crippen LogP contribution < -0.4 is 10.1 Å². The fourth-order valence-electron chi connectivity index (χ4n) is 3.12. The minimum atomic E-state index is -0.101. The van der Waals surface area contributed by atoms with Crippen LogP contribution in [0.5, 0.6) is 5.75 Å². The van der Waals surface area contributed by atoms with Crippen LogP contribution in [-0.2, 0) is 0 Å². The minimum absolute atomic E-state index is 0.0649. The molecule has 1 aliphatic heterocycles. The number of aromatic nitrogens is 4. The van der Waals surface area contributed by atoms with E-state index in [-0.39, 0.29) is 18.2 Å². The summed E-state index contributed by atoms with van der Waals surface area (Å²) in [4.78, 5) is 26.6. The number of likely N-dealkylation sites (tertiary alicyclic amines) is 1. The summed E-state index contributed by atoms with van der Waals surface area (Å²) in [6.07, 6.45) is 5.39. The highest BCUT2D eigenvalue weighted by Crippen LogP contribution is 2.31.